The van der Waals surface area contributed by atoms with Crippen LogP contribution in [0.5, 0.6) is 0 Å². The molecule has 0 bridgehead atoms. The number of hydrogen-bond acceptors (Lipinski definition) is 3. The number of hydrogen-bond donors (Lipinski definition) is 1. The molecule has 104 valence electrons. The van der Waals surface area contributed by atoms with Crippen molar-refractivity contribution >= 4 is 17.4 Å². The summed E-state index contributed by atoms with van der Waals surface area (Å²) in [5.74, 6) is 0.570. The molecule has 1 amide bonds. The second kappa shape index (κ2) is 5.75. The van der Waals surface area contributed by atoms with Gasteiger partial charge in [-0.3, -0.25) is 4.79 Å². The zero-order chi connectivity index (χ0) is 13.9. The number of carbonyl (C=O) groups excluding carboxylic acids is 1. The molecule has 2 aromatic rings. The quantitative estimate of drug-likeness (QED) is 0.930. The van der Waals surface area contributed by atoms with E-state index in [1.807, 2.05) is 25.1 Å². The Hall–Kier alpha value is -1.68. The Balaban J connectivity index is 1.80. The first-order valence-electron chi connectivity index (χ1n) is 7.03. The smallest absolute Gasteiger partial charge is 0.263 e. The van der Waals surface area contributed by atoms with Crippen molar-refractivity contribution in [2.75, 3.05) is 0 Å². The third kappa shape index (κ3) is 2.61. The minimum Gasteiger partial charge on any atom is -0.344 e. The second-order valence-electron chi connectivity index (χ2n) is 5.39. The average molecular weight is 286 g/mol. The van der Waals surface area contributed by atoms with Gasteiger partial charge in [-0.15, -0.1) is 0 Å². The average Bonchev–Trinajstić information content (AvgIpc) is 2.83. The Morgan fingerprint density at radius 3 is 2.65 bits per heavy atom. The van der Waals surface area contributed by atoms with Crippen molar-refractivity contribution in [3.8, 4) is 0 Å². The molecule has 1 aromatic carbocycles. The van der Waals surface area contributed by atoms with Crippen LogP contribution in [-0.4, -0.2) is 10.3 Å². The van der Waals surface area contributed by atoms with E-state index in [2.05, 4.69) is 21.8 Å². The Kier molecular flexibility index (Phi) is 3.83. The molecular weight excluding hydrogens is 268 g/mol. The van der Waals surface area contributed by atoms with E-state index in [4.69, 9.17) is 0 Å². The van der Waals surface area contributed by atoms with Crippen molar-refractivity contribution in [2.24, 2.45) is 5.92 Å². The molecule has 4 heteroatoms. The van der Waals surface area contributed by atoms with Gasteiger partial charge in [-0.25, -0.2) is 4.37 Å². The third-order valence-corrected chi connectivity index (χ3v) is 4.92. The largest absolute Gasteiger partial charge is 0.344 e. The van der Waals surface area contributed by atoms with E-state index in [1.54, 1.807) is 6.20 Å². The molecule has 1 unspecified atom stereocenters. The predicted molar refractivity (Wildman–Crippen MR) is 80.8 cm³/mol. The van der Waals surface area contributed by atoms with Crippen molar-refractivity contribution in [1.29, 1.82) is 0 Å². The van der Waals surface area contributed by atoms with Crippen LogP contribution in [-0.2, 0) is 0 Å². The van der Waals surface area contributed by atoms with E-state index in [0.717, 1.165) is 10.4 Å². The van der Waals surface area contributed by atoms with Crippen LogP contribution in [0.3, 0.4) is 0 Å². The number of benzene rings is 1. The van der Waals surface area contributed by atoms with Crippen LogP contribution in [0, 0.1) is 12.8 Å². The van der Waals surface area contributed by atoms with Gasteiger partial charge in [-0.1, -0.05) is 36.8 Å². The molecule has 1 N–H and O–H groups in total. The van der Waals surface area contributed by atoms with Gasteiger partial charge >= 0.3 is 0 Å². The maximum Gasteiger partial charge on any atom is 0.263 e. The fourth-order valence-corrected chi connectivity index (χ4v) is 3.28. The minimum atomic E-state index is 0.00533. The molecule has 1 aliphatic rings. The number of carbonyl (C=O) groups is 1. The van der Waals surface area contributed by atoms with Crippen LogP contribution in [0.2, 0.25) is 0 Å². The Morgan fingerprint density at radius 2 is 2.10 bits per heavy atom. The topological polar surface area (TPSA) is 42.0 Å². The molecular formula is C16H18N2OS. The van der Waals surface area contributed by atoms with E-state index in [9.17, 15) is 4.79 Å². The number of rotatable bonds is 4. The predicted octanol–water partition coefficient (Wildman–Crippen LogP) is 3.72. The second-order valence-corrected chi connectivity index (χ2v) is 6.19. The monoisotopic (exact) mass is 286 g/mol. The molecule has 1 fully saturated rings. The first kappa shape index (κ1) is 13.3. The molecule has 0 saturated heterocycles. The number of nitrogens with one attached hydrogen (secondary N) is 1. The molecule has 0 radical (unpaired) electrons. The summed E-state index contributed by atoms with van der Waals surface area (Å²) in [4.78, 5) is 13.1. The van der Waals surface area contributed by atoms with Gasteiger partial charge in [-0.2, -0.15) is 0 Å². The SMILES string of the molecule is Cc1cnsc1C(=O)NC(c1ccccc1)C1CCC1. The highest BCUT2D eigenvalue weighted by atomic mass is 32.1. The Bertz CT molecular complexity index is 590. The summed E-state index contributed by atoms with van der Waals surface area (Å²) in [6.45, 7) is 1.93. The normalized spacial score (nSPS) is 16.4. The lowest BCUT2D eigenvalue weighted by molar-refractivity contribution is 0.0904. The van der Waals surface area contributed by atoms with Gasteiger partial charge in [0.1, 0.15) is 4.88 Å². The first-order valence-corrected chi connectivity index (χ1v) is 7.80. The molecule has 0 aliphatic heterocycles. The lowest BCUT2D eigenvalue weighted by atomic mass is 9.77. The van der Waals surface area contributed by atoms with Gasteiger partial charge in [-0.05, 0) is 48.3 Å². The number of amides is 1. The standard InChI is InChI=1S/C16H18N2OS/c1-11-10-17-20-15(11)16(19)18-14(13-8-5-9-13)12-6-3-2-4-7-12/h2-4,6-7,10,13-14H,5,8-9H2,1H3,(H,18,19). The molecule has 3 rings (SSSR count). The van der Waals surface area contributed by atoms with Gasteiger partial charge in [0.25, 0.3) is 5.91 Å². The van der Waals surface area contributed by atoms with E-state index < -0.39 is 0 Å². The lowest BCUT2D eigenvalue weighted by Gasteiger charge is -2.34. The molecule has 1 aliphatic carbocycles. The fourth-order valence-electron chi connectivity index (χ4n) is 2.62. The number of nitrogens with zero attached hydrogens (tertiary/aromatic N) is 1. The summed E-state index contributed by atoms with van der Waals surface area (Å²) in [7, 11) is 0. The van der Waals surface area contributed by atoms with Crippen LogP contribution in [0.15, 0.2) is 36.5 Å². The van der Waals surface area contributed by atoms with Gasteiger partial charge < -0.3 is 5.32 Å². The third-order valence-electron chi connectivity index (χ3n) is 4.02. The van der Waals surface area contributed by atoms with Crippen molar-refractivity contribution in [1.82, 2.24) is 9.69 Å². The van der Waals surface area contributed by atoms with E-state index >= 15 is 0 Å². The maximum atomic E-state index is 12.4. The Morgan fingerprint density at radius 1 is 1.35 bits per heavy atom. The van der Waals surface area contributed by atoms with Gasteiger partial charge in [0.2, 0.25) is 0 Å². The molecule has 1 heterocycles. The highest BCUT2D eigenvalue weighted by Gasteiger charge is 2.30. The zero-order valence-electron chi connectivity index (χ0n) is 11.5. The van der Waals surface area contributed by atoms with Crippen molar-refractivity contribution in [3.63, 3.8) is 0 Å². The minimum absolute atomic E-state index is 0.00533. The van der Waals surface area contributed by atoms with E-state index in [-0.39, 0.29) is 11.9 Å². The van der Waals surface area contributed by atoms with Crippen molar-refractivity contribution < 1.29 is 4.79 Å². The summed E-state index contributed by atoms with van der Waals surface area (Å²) in [6.07, 6.45) is 5.41. The zero-order valence-corrected chi connectivity index (χ0v) is 12.3. The van der Waals surface area contributed by atoms with E-state index in [0.29, 0.717) is 5.92 Å². The summed E-state index contributed by atoms with van der Waals surface area (Å²) in [5, 5.41) is 3.21. The molecule has 1 atom stereocenters. The summed E-state index contributed by atoms with van der Waals surface area (Å²) < 4.78 is 4.08. The molecule has 3 nitrogen and oxygen atoms in total. The lowest BCUT2D eigenvalue weighted by Crippen LogP contribution is -2.36. The van der Waals surface area contributed by atoms with Crippen LogP contribution in [0.4, 0.5) is 0 Å². The Labute approximate surface area is 123 Å². The molecule has 0 spiro atoms. The van der Waals surface area contributed by atoms with Crippen LogP contribution < -0.4 is 5.32 Å². The summed E-state index contributed by atoms with van der Waals surface area (Å²) in [5.41, 5.74) is 2.15. The van der Waals surface area contributed by atoms with Crippen LogP contribution >= 0.6 is 11.5 Å². The van der Waals surface area contributed by atoms with Crippen molar-refractivity contribution in [2.45, 2.75) is 32.2 Å². The van der Waals surface area contributed by atoms with Gasteiger partial charge in [0.15, 0.2) is 0 Å². The van der Waals surface area contributed by atoms with Crippen LogP contribution in [0.1, 0.15) is 46.1 Å². The van der Waals surface area contributed by atoms with Gasteiger partial charge in [0, 0.05) is 6.20 Å². The number of aryl methyl sites for hydroxylation is 1. The van der Waals surface area contributed by atoms with Crippen LogP contribution in [0.25, 0.3) is 0 Å². The fraction of sp³-hybridized carbons (Fsp3) is 0.375. The highest BCUT2D eigenvalue weighted by Crippen LogP contribution is 2.37. The maximum absolute atomic E-state index is 12.4. The van der Waals surface area contributed by atoms with E-state index in [1.165, 1.54) is 36.4 Å². The van der Waals surface area contributed by atoms with Gasteiger partial charge in [0.05, 0.1) is 6.04 Å². The number of aromatic nitrogens is 1. The molecule has 20 heavy (non-hydrogen) atoms. The molecule has 1 saturated carbocycles. The summed E-state index contributed by atoms with van der Waals surface area (Å²) >= 11 is 1.27. The first-order chi connectivity index (χ1) is 9.75. The highest BCUT2D eigenvalue weighted by molar-refractivity contribution is 7.08. The van der Waals surface area contributed by atoms with Crippen molar-refractivity contribution in [3.05, 3.63) is 52.5 Å². The summed E-state index contributed by atoms with van der Waals surface area (Å²) in [6, 6.07) is 10.4. The molecule has 1 aromatic heterocycles.